The molecular weight excluding hydrogens is 422 g/mol. The summed E-state index contributed by atoms with van der Waals surface area (Å²) in [6.07, 6.45) is 0.227. The first-order chi connectivity index (χ1) is 12.1. The number of carbonyl (C=O) groups excluding carboxylic acids is 1. The van der Waals surface area contributed by atoms with Crippen molar-refractivity contribution in [3.63, 3.8) is 0 Å². The number of hydrogen-bond acceptors (Lipinski definition) is 4. The summed E-state index contributed by atoms with van der Waals surface area (Å²) in [7, 11) is -3.60. The average Bonchev–Trinajstić information content (AvgIpc) is 3.09. The first-order valence-electron chi connectivity index (χ1n) is 8.61. The highest BCUT2D eigenvalue weighted by molar-refractivity contribution is 9.10. The molecule has 3 rings (SSSR count). The van der Waals surface area contributed by atoms with Gasteiger partial charge in [0.2, 0.25) is 0 Å². The minimum atomic E-state index is -3.60. The minimum absolute atomic E-state index is 0.218. The van der Waals surface area contributed by atoms with Crippen LogP contribution in [-0.4, -0.2) is 61.5 Å². The van der Waals surface area contributed by atoms with Crippen LogP contribution in [-0.2, 0) is 14.9 Å². The third-order valence-electron chi connectivity index (χ3n) is 4.42. The highest BCUT2D eigenvalue weighted by atomic mass is 79.9. The maximum atomic E-state index is 13.0. The maximum absolute atomic E-state index is 13.0. The van der Waals surface area contributed by atoms with Crippen LogP contribution in [0, 0.1) is 0 Å². The molecule has 1 aromatic rings. The van der Waals surface area contributed by atoms with E-state index in [1.807, 2.05) is 32.9 Å². The molecule has 2 aliphatic heterocycles. The van der Waals surface area contributed by atoms with Crippen LogP contribution in [0.2, 0.25) is 0 Å². The molecule has 1 atom stereocenters. The van der Waals surface area contributed by atoms with Gasteiger partial charge in [0, 0.05) is 36.7 Å². The average molecular weight is 446 g/mol. The number of amides is 1. The quantitative estimate of drug-likeness (QED) is 0.701. The number of ether oxygens (including phenoxy) is 1. The molecule has 0 aromatic heterocycles. The van der Waals surface area contributed by atoms with Crippen molar-refractivity contribution in [3.05, 3.63) is 28.7 Å². The van der Waals surface area contributed by atoms with E-state index < -0.39 is 15.8 Å². The van der Waals surface area contributed by atoms with Crippen molar-refractivity contribution in [2.24, 2.45) is 0 Å². The zero-order valence-electron chi connectivity index (χ0n) is 15.2. The molecular formula is C17H24BrN3O4S. The first-order valence-corrected chi connectivity index (χ1v) is 10.8. The SMILES string of the molecule is CC(C)(C)OC(=O)N1CC[C@H](N2CCN(c3cccc(Br)c3)S2(=O)=O)C1. The molecule has 2 heterocycles. The lowest BCUT2D eigenvalue weighted by molar-refractivity contribution is 0.0287. The maximum Gasteiger partial charge on any atom is 0.410 e. The van der Waals surface area contributed by atoms with Crippen molar-refractivity contribution < 1.29 is 17.9 Å². The van der Waals surface area contributed by atoms with Gasteiger partial charge in [0.25, 0.3) is 0 Å². The molecule has 9 heteroatoms. The van der Waals surface area contributed by atoms with Gasteiger partial charge in [0.15, 0.2) is 0 Å². The number of anilines is 1. The summed E-state index contributed by atoms with van der Waals surface area (Å²) >= 11 is 3.38. The number of nitrogens with zero attached hydrogens (tertiary/aromatic N) is 3. The fourth-order valence-electron chi connectivity index (χ4n) is 3.28. The Bertz CT molecular complexity index is 793. The Labute approximate surface area is 163 Å². The second kappa shape index (κ2) is 7.01. The Kier molecular flexibility index (Phi) is 5.24. The summed E-state index contributed by atoms with van der Waals surface area (Å²) < 4.78 is 35.2. The van der Waals surface area contributed by atoms with Crippen LogP contribution in [0.5, 0.6) is 0 Å². The van der Waals surface area contributed by atoms with Crippen LogP contribution in [0.25, 0.3) is 0 Å². The van der Waals surface area contributed by atoms with Crippen molar-refractivity contribution in [2.45, 2.75) is 38.8 Å². The minimum Gasteiger partial charge on any atom is -0.444 e. The summed E-state index contributed by atoms with van der Waals surface area (Å²) in [5.41, 5.74) is 0.0794. The Balaban J connectivity index is 1.71. The predicted molar refractivity (Wildman–Crippen MR) is 103 cm³/mol. The Hall–Kier alpha value is -1.32. The summed E-state index contributed by atoms with van der Waals surface area (Å²) in [6, 6.07) is 7.04. The van der Waals surface area contributed by atoms with E-state index in [4.69, 9.17) is 4.74 Å². The van der Waals surface area contributed by atoms with E-state index >= 15 is 0 Å². The van der Waals surface area contributed by atoms with E-state index in [9.17, 15) is 13.2 Å². The van der Waals surface area contributed by atoms with Crippen LogP contribution in [0.1, 0.15) is 27.2 Å². The number of likely N-dealkylation sites (tertiary alicyclic amines) is 1. The monoisotopic (exact) mass is 445 g/mol. The van der Waals surface area contributed by atoms with Gasteiger partial charge in [0.1, 0.15) is 5.60 Å². The van der Waals surface area contributed by atoms with E-state index in [2.05, 4.69) is 15.9 Å². The molecule has 2 fully saturated rings. The number of benzene rings is 1. The van der Waals surface area contributed by atoms with Gasteiger partial charge < -0.3 is 9.64 Å². The summed E-state index contributed by atoms with van der Waals surface area (Å²) in [6.45, 7) is 7.14. The number of rotatable bonds is 2. The zero-order chi connectivity index (χ0) is 19.1. The molecule has 2 aliphatic rings. The van der Waals surface area contributed by atoms with Crippen LogP contribution in [0.4, 0.5) is 10.5 Å². The topological polar surface area (TPSA) is 70.2 Å². The van der Waals surface area contributed by atoms with Crippen LogP contribution >= 0.6 is 15.9 Å². The fraction of sp³-hybridized carbons (Fsp3) is 0.588. The zero-order valence-corrected chi connectivity index (χ0v) is 17.6. The molecule has 0 bridgehead atoms. The molecule has 0 unspecified atom stereocenters. The van der Waals surface area contributed by atoms with E-state index in [1.54, 1.807) is 17.0 Å². The molecule has 0 spiro atoms. The first kappa shape index (κ1) is 19.4. The smallest absolute Gasteiger partial charge is 0.410 e. The van der Waals surface area contributed by atoms with Crippen LogP contribution in [0.3, 0.4) is 0 Å². The van der Waals surface area contributed by atoms with E-state index in [-0.39, 0.29) is 12.1 Å². The second-order valence-corrected chi connectivity index (χ2v) is 10.3. The van der Waals surface area contributed by atoms with E-state index in [0.29, 0.717) is 38.3 Å². The van der Waals surface area contributed by atoms with Gasteiger partial charge in [-0.15, -0.1) is 0 Å². The molecule has 2 saturated heterocycles. The Morgan fingerprint density at radius 1 is 1.23 bits per heavy atom. The van der Waals surface area contributed by atoms with Gasteiger partial charge in [-0.3, -0.25) is 4.31 Å². The third-order valence-corrected chi connectivity index (χ3v) is 6.93. The number of carbonyl (C=O) groups is 1. The molecule has 144 valence electrons. The molecule has 1 amide bonds. The lowest BCUT2D eigenvalue weighted by atomic mass is 10.2. The third kappa shape index (κ3) is 3.99. The van der Waals surface area contributed by atoms with Gasteiger partial charge in [0.05, 0.1) is 5.69 Å². The van der Waals surface area contributed by atoms with Crippen molar-refractivity contribution >= 4 is 37.9 Å². The molecule has 1 aromatic carbocycles. The molecule has 0 radical (unpaired) electrons. The number of hydrogen-bond donors (Lipinski definition) is 0. The summed E-state index contributed by atoms with van der Waals surface area (Å²) in [5.74, 6) is 0. The number of halogens is 1. The highest BCUT2D eigenvalue weighted by Gasteiger charge is 2.44. The van der Waals surface area contributed by atoms with Crippen molar-refractivity contribution in [1.82, 2.24) is 9.21 Å². The highest BCUT2D eigenvalue weighted by Crippen LogP contribution is 2.31. The molecule has 0 N–H and O–H groups in total. The Morgan fingerprint density at radius 3 is 2.62 bits per heavy atom. The van der Waals surface area contributed by atoms with Gasteiger partial charge in [-0.1, -0.05) is 22.0 Å². The van der Waals surface area contributed by atoms with Crippen LogP contribution in [0.15, 0.2) is 28.7 Å². The molecule has 0 saturated carbocycles. The second-order valence-electron chi connectivity index (χ2n) is 7.54. The van der Waals surface area contributed by atoms with Crippen LogP contribution < -0.4 is 4.31 Å². The molecule has 0 aliphatic carbocycles. The van der Waals surface area contributed by atoms with Crippen molar-refractivity contribution in [1.29, 1.82) is 0 Å². The fourth-order valence-corrected chi connectivity index (χ4v) is 5.47. The summed E-state index contributed by atoms with van der Waals surface area (Å²) in [5, 5.41) is 0. The molecule has 26 heavy (non-hydrogen) atoms. The lowest BCUT2D eigenvalue weighted by Crippen LogP contribution is -2.43. The largest absolute Gasteiger partial charge is 0.444 e. The summed E-state index contributed by atoms with van der Waals surface area (Å²) in [4.78, 5) is 13.8. The van der Waals surface area contributed by atoms with Crippen molar-refractivity contribution in [3.8, 4) is 0 Å². The Morgan fingerprint density at radius 2 is 1.96 bits per heavy atom. The normalized spacial score (nSPS) is 23.5. The standard InChI is InChI=1S/C17H24BrN3O4S/c1-17(2,3)25-16(22)19-8-7-15(12-19)21-10-9-20(26(21,23)24)14-6-4-5-13(18)11-14/h4-6,11,15H,7-10,12H2,1-3H3/t15-/m0/s1. The molecule has 7 nitrogen and oxygen atoms in total. The predicted octanol–water partition coefficient (Wildman–Crippen LogP) is 2.83. The van der Waals surface area contributed by atoms with Crippen molar-refractivity contribution in [2.75, 3.05) is 30.5 Å². The van der Waals surface area contributed by atoms with Gasteiger partial charge >= 0.3 is 16.3 Å². The lowest BCUT2D eigenvalue weighted by Gasteiger charge is -2.26. The van der Waals surface area contributed by atoms with E-state index in [0.717, 1.165) is 4.47 Å². The van der Waals surface area contributed by atoms with Gasteiger partial charge in [-0.05, 0) is 45.4 Å². The van der Waals surface area contributed by atoms with E-state index in [1.165, 1.54) is 8.61 Å². The van der Waals surface area contributed by atoms with Gasteiger partial charge in [-0.2, -0.15) is 12.7 Å². The van der Waals surface area contributed by atoms with Gasteiger partial charge in [-0.25, -0.2) is 4.79 Å².